The number of rotatable bonds is 9. The van der Waals surface area contributed by atoms with Gasteiger partial charge in [0.05, 0.1) is 18.9 Å². The zero-order chi connectivity index (χ0) is 24.8. The Morgan fingerprint density at radius 2 is 1.97 bits per heavy atom. The number of ether oxygens (including phenoxy) is 1. The van der Waals surface area contributed by atoms with E-state index < -0.39 is 5.25 Å². The molecular formula is C26H32FN5O2S. The number of aromatic nitrogens is 3. The number of carbonyl (C=O) groups excluding carboxylic acids is 1. The maximum absolute atomic E-state index is 13.9. The molecule has 1 saturated carbocycles. The summed E-state index contributed by atoms with van der Waals surface area (Å²) in [5, 5.41) is 15.5. The zero-order valence-corrected chi connectivity index (χ0v) is 21.2. The van der Waals surface area contributed by atoms with E-state index in [1.165, 1.54) is 37.1 Å². The van der Waals surface area contributed by atoms with Gasteiger partial charge in [-0.15, -0.1) is 10.2 Å². The summed E-state index contributed by atoms with van der Waals surface area (Å²) in [5.74, 6) is 1.09. The number of benzene rings is 2. The monoisotopic (exact) mass is 497 g/mol. The van der Waals surface area contributed by atoms with Crippen molar-refractivity contribution in [3.8, 4) is 5.75 Å². The molecule has 3 aromatic rings. The van der Waals surface area contributed by atoms with Crippen molar-refractivity contribution in [1.29, 1.82) is 0 Å². The third kappa shape index (κ3) is 6.33. The lowest BCUT2D eigenvalue weighted by molar-refractivity contribution is -0.115. The molecule has 1 aliphatic rings. The number of amides is 1. The summed E-state index contributed by atoms with van der Waals surface area (Å²) in [6, 6.07) is 12.8. The summed E-state index contributed by atoms with van der Waals surface area (Å²) in [6.45, 7) is 4.04. The second-order valence-electron chi connectivity index (χ2n) is 8.86. The highest BCUT2D eigenvalue weighted by Gasteiger charge is 2.26. The van der Waals surface area contributed by atoms with Gasteiger partial charge in [0.1, 0.15) is 11.6 Å². The van der Waals surface area contributed by atoms with Gasteiger partial charge in [0.25, 0.3) is 0 Å². The van der Waals surface area contributed by atoms with Crippen molar-refractivity contribution in [2.75, 3.05) is 17.7 Å². The van der Waals surface area contributed by atoms with Crippen LogP contribution in [0.25, 0.3) is 0 Å². The number of nitrogens with one attached hydrogen (secondary N) is 2. The van der Waals surface area contributed by atoms with E-state index in [0.717, 1.165) is 35.3 Å². The lowest BCUT2D eigenvalue weighted by Gasteiger charge is -2.26. The van der Waals surface area contributed by atoms with Crippen molar-refractivity contribution in [1.82, 2.24) is 14.8 Å². The van der Waals surface area contributed by atoms with Gasteiger partial charge in [-0.05, 0) is 56.5 Å². The van der Waals surface area contributed by atoms with Crippen molar-refractivity contribution in [3.05, 3.63) is 59.7 Å². The summed E-state index contributed by atoms with van der Waals surface area (Å²) in [5.41, 5.74) is 1.93. The highest BCUT2D eigenvalue weighted by molar-refractivity contribution is 8.00. The fourth-order valence-electron chi connectivity index (χ4n) is 4.25. The predicted octanol–water partition coefficient (Wildman–Crippen LogP) is 5.97. The lowest BCUT2D eigenvalue weighted by atomic mass is 9.95. The van der Waals surface area contributed by atoms with Gasteiger partial charge in [0.2, 0.25) is 5.91 Å². The molecule has 1 aromatic heterocycles. The van der Waals surface area contributed by atoms with Crippen LogP contribution in [-0.2, 0) is 11.3 Å². The number of aryl methyl sites for hydroxylation is 1. The standard InChI is InChI=1S/C26H32FN5O2S/c1-17-12-13-20(15-23(17)27)29-25(33)18(2)35-26-31-30-24(32(26)21-9-5-4-6-10-21)16-28-19-8-7-11-22(14-19)34-3/h7-8,11-15,18,21,28H,4-6,9-10,16H2,1-3H3,(H,29,33). The summed E-state index contributed by atoms with van der Waals surface area (Å²) in [6.07, 6.45) is 5.72. The van der Waals surface area contributed by atoms with Gasteiger partial charge < -0.3 is 19.9 Å². The Bertz CT molecular complexity index is 1160. The molecule has 9 heteroatoms. The van der Waals surface area contributed by atoms with Crippen LogP contribution in [0.4, 0.5) is 15.8 Å². The highest BCUT2D eigenvalue weighted by Crippen LogP contribution is 2.34. The summed E-state index contributed by atoms with van der Waals surface area (Å²) < 4.78 is 21.4. The molecule has 1 aliphatic carbocycles. The third-order valence-electron chi connectivity index (χ3n) is 6.29. The molecule has 1 atom stereocenters. The minimum atomic E-state index is -0.426. The molecule has 2 aromatic carbocycles. The highest BCUT2D eigenvalue weighted by atomic mass is 32.2. The first kappa shape index (κ1) is 25.0. The molecule has 0 radical (unpaired) electrons. The Morgan fingerprint density at radius 3 is 2.71 bits per heavy atom. The molecule has 0 spiro atoms. The van der Waals surface area contributed by atoms with Gasteiger partial charge in [0.15, 0.2) is 11.0 Å². The second kappa shape index (κ2) is 11.6. The minimum absolute atomic E-state index is 0.201. The van der Waals surface area contributed by atoms with Crippen LogP contribution in [0, 0.1) is 12.7 Å². The number of anilines is 2. The largest absolute Gasteiger partial charge is 0.497 e. The van der Waals surface area contributed by atoms with E-state index in [2.05, 4.69) is 25.4 Å². The fraction of sp³-hybridized carbons (Fsp3) is 0.423. The van der Waals surface area contributed by atoms with Crippen LogP contribution < -0.4 is 15.4 Å². The second-order valence-corrected chi connectivity index (χ2v) is 10.2. The number of thioether (sulfide) groups is 1. The van der Waals surface area contributed by atoms with E-state index in [4.69, 9.17) is 4.74 Å². The van der Waals surface area contributed by atoms with Gasteiger partial charge >= 0.3 is 0 Å². The zero-order valence-electron chi connectivity index (χ0n) is 20.4. The quantitative estimate of drug-likeness (QED) is 0.355. The van der Waals surface area contributed by atoms with E-state index >= 15 is 0 Å². The molecule has 0 aliphatic heterocycles. The van der Waals surface area contributed by atoms with Crippen LogP contribution >= 0.6 is 11.8 Å². The summed E-state index contributed by atoms with van der Waals surface area (Å²) in [4.78, 5) is 12.8. The van der Waals surface area contributed by atoms with Crippen molar-refractivity contribution in [3.63, 3.8) is 0 Å². The van der Waals surface area contributed by atoms with E-state index in [9.17, 15) is 9.18 Å². The lowest BCUT2D eigenvalue weighted by Crippen LogP contribution is -2.24. The summed E-state index contributed by atoms with van der Waals surface area (Å²) >= 11 is 1.38. The molecule has 186 valence electrons. The van der Waals surface area contributed by atoms with Crippen molar-refractivity contribution >= 4 is 29.0 Å². The molecule has 2 N–H and O–H groups in total. The molecule has 1 amide bonds. The molecule has 1 fully saturated rings. The molecule has 0 saturated heterocycles. The molecule has 1 heterocycles. The van der Waals surface area contributed by atoms with Gasteiger partial charge in [0, 0.05) is 23.5 Å². The first-order chi connectivity index (χ1) is 16.9. The van der Waals surface area contributed by atoms with Gasteiger partial charge in [-0.25, -0.2) is 4.39 Å². The van der Waals surface area contributed by atoms with Crippen LogP contribution in [0.3, 0.4) is 0 Å². The van der Waals surface area contributed by atoms with Crippen molar-refractivity contribution in [2.45, 2.75) is 68.9 Å². The van der Waals surface area contributed by atoms with Crippen LogP contribution in [0.2, 0.25) is 0 Å². The first-order valence-corrected chi connectivity index (χ1v) is 12.9. The molecule has 0 bridgehead atoms. The maximum Gasteiger partial charge on any atom is 0.237 e. The van der Waals surface area contributed by atoms with Crippen LogP contribution in [-0.4, -0.2) is 33.0 Å². The Morgan fingerprint density at radius 1 is 1.17 bits per heavy atom. The van der Waals surface area contributed by atoms with Gasteiger partial charge in [-0.2, -0.15) is 0 Å². The van der Waals surface area contributed by atoms with Gasteiger partial charge in [-0.3, -0.25) is 4.79 Å². The van der Waals surface area contributed by atoms with Gasteiger partial charge in [-0.1, -0.05) is 43.2 Å². The van der Waals surface area contributed by atoms with Crippen molar-refractivity contribution in [2.24, 2.45) is 0 Å². The maximum atomic E-state index is 13.9. The van der Waals surface area contributed by atoms with E-state index in [1.54, 1.807) is 26.2 Å². The average Bonchev–Trinajstić information content (AvgIpc) is 3.27. The molecule has 7 nitrogen and oxygen atoms in total. The Kier molecular flexibility index (Phi) is 8.28. The summed E-state index contributed by atoms with van der Waals surface area (Å²) in [7, 11) is 1.65. The molecule has 35 heavy (non-hydrogen) atoms. The predicted molar refractivity (Wildman–Crippen MR) is 138 cm³/mol. The fourth-order valence-corrected chi connectivity index (χ4v) is 5.19. The number of carbonyl (C=O) groups is 1. The molecular weight excluding hydrogens is 465 g/mol. The SMILES string of the molecule is COc1cccc(NCc2nnc(SC(C)C(=O)Nc3ccc(C)c(F)c3)n2C2CCCCC2)c1. The van der Waals surface area contributed by atoms with Crippen molar-refractivity contribution < 1.29 is 13.9 Å². The third-order valence-corrected chi connectivity index (χ3v) is 7.34. The molecule has 1 unspecified atom stereocenters. The van der Waals surface area contributed by atoms with Crippen LogP contribution in [0.1, 0.15) is 56.5 Å². The smallest absolute Gasteiger partial charge is 0.237 e. The number of nitrogens with zero attached hydrogens (tertiary/aromatic N) is 3. The number of hydrogen-bond donors (Lipinski definition) is 2. The average molecular weight is 498 g/mol. The van der Waals surface area contributed by atoms with Crippen LogP contribution in [0.5, 0.6) is 5.75 Å². The Hall–Kier alpha value is -3.07. The number of halogens is 1. The topological polar surface area (TPSA) is 81.1 Å². The van der Waals surface area contributed by atoms with Crippen LogP contribution in [0.15, 0.2) is 47.6 Å². The van der Waals surface area contributed by atoms with E-state index in [0.29, 0.717) is 23.8 Å². The normalized spacial score (nSPS) is 15.0. The van der Waals surface area contributed by atoms with E-state index in [1.807, 2.05) is 31.2 Å². The molecule has 4 rings (SSSR count). The van der Waals surface area contributed by atoms with E-state index in [-0.39, 0.29) is 11.7 Å². The number of methoxy groups -OCH3 is 1. The Balaban J connectivity index is 1.49. The first-order valence-electron chi connectivity index (χ1n) is 12.0. The number of hydrogen-bond acceptors (Lipinski definition) is 6. The Labute approximate surface area is 209 Å². The minimum Gasteiger partial charge on any atom is -0.497 e.